The molecule has 48 heavy (non-hydrogen) atoms. The van der Waals surface area contributed by atoms with Gasteiger partial charge in [-0.1, -0.05) is 42.5 Å². The van der Waals surface area contributed by atoms with E-state index in [1.807, 2.05) is 60.4 Å². The number of rotatable bonds is 2. The van der Waals surface area contributed by atoms with Crippen LogP contribution in [-0.2, 0) is 0 Å². The fourth-order valence-corrected chi connectivity index (χ4v) is 14.0. The number of pyridine rings is 2. The molecule has 0 amide bonds. The van der Waals surface area contributed by atoms with Crippen LogP contribution in [0.2, 0.25) is 0 Å². The Morgan fingerprint density at radius 1 is 0.458 bits per heavy atom. The number of furan rings is 1. The summed E-state index contributed by atoms with van der Waals surface area (Å²) in [4.78, 5) is 11.5. The van der Waals surface area contributed by atoms with E-state index in [2.05, 4.69) is 117 Å². The molecule has 0 aliphatic carbocycles. The summed E-state index contributed by atoms with van der Waals surface area (Å²) in [5.41, 5.74) is 6.67. The molecule has 0 saturated heterocycles. The van der Waals surface area contributed by atoms with E-state index < -0.39 is 0 Å². The third-order valence-electron chi connectivity index (χ3n) is 8.07. The Labute approximate surface area is 313 Å². The van der Waals surface area contributed by atoms with Crippen molar-refractivity contribution in [3.63, 3.8) is 0 Å². The largest absolute Gasteiger partial charge is 0.454 e. The Morgan fingerprint density at radius 3 is 1.58 bits per heavy atom. The Balaban J connectivity index is 1.35. The van der Waals surface area contributed by atoms with Crippen LogP contribution in [0.25, 0.3) is 55.0 Å². The SMILES string of the molecule is c1cncc(-c2ccc3c4oc5c(c(-c6cccnc6)c6ccccc6c53)SCCSCCSCCSCCSCCSCCSc24)c1. The molecule has 0 spiro atoms. The van der Waals surface area contributed by atoms with E-state index in [-0.39, 0.29) is 0 Å². The highest BCUT2D eigenvalue weighted by Gasteiger charge is 2.24. The van der Waals surface area contributed by atoms with Gasteiger partial charge < -0.3 is 4.42 Å². The summed E-state index contributed by atoms with van der Waals surface area (Å²) in [5.74, 6) is 14.2. The van der Waals surface area contributed by atoms with Crippen molar-refractivity contribution in [2.45, 2.75) is 9.79 Å². The minimum atomic E-state index is 0.991. The second-order valence-electron chi connectivity index (χ2n) is 11.1. The van der Waals surface area contributed by atoms with Gasteiger partial charge in [-0.3, -0.25) is 9.97 Å². The molecular formula is C38H38N2OS7. The zero-order chi connectivity index (χ0) is 32.4. The zero-order valence-electron chi connectivity index (χ0n) is 26.7. The molecule has 4 heterocycles. The zero-order valence-corrected chi connectivity index (χ0v) is 32.4. The van der Waals surface area contributed by atoms with Gasteiger partial charge in [-0.25, -0.2) is 0 Å². The predicted octanol–water partition coefficient (Wildman–Crippen LogP) is 11.7. The quantitative estimate of drug-likeness (QED) is 0.170. The van der Waals surface area contributed by atoms with Gasteiger partial charge in [-0.2, -0.15) is 58.8 Å². The van der Waals surface area contributed by atoms with Crippen molar-refractivity contribution in [1.29, 1.82) is 0 Å². The maximum Gasteiger partial charge on any atom is 0.150 e. The van der Waals surface area contributed by atoms with Crippen molar-refractivity contribution in [1.82, 2.24) is 9.97 Å². The van der Waals surface area contributed by atoms with Crippen molar-refractivity contribution < 1.29 is 4.42 Å². The number of hydrogen-bond acceptors (Lipinski definition) is 10. The first-order valence-electron chi connectivity index (χ1n) is 16.3. The molecule has 2 bridgehead atoms. The van der Waals surface area contributed by atoms with E-state index in [0.29, 0.717) is 0 Å². The molecule has 6 aromatic rings. The number of benzene rings is 3. The van der Waals surface area contributed by atoms with Crippen LogP contribution in [-0.4, -0.2) is 79.0 Å². The molecule has 3 aromatic carbocycles. The second-order valence-corrected chi connectivity index (χ2v) is 19.5. The lowest BCUT2D eigenvalue weighted by atomic mass is 9.95. The summed E-state index contributed by atoms with van der Waals surface area (Å²) >= 11 is 14.4. The minimum Gasteiger partial charge on any atom is -0.454 e. The maximum absolute atomic E-state index is 7.18. The van der Waals surface area contributed by atoms with Gasteiger partial charge in [0.15, 0.2) is 0 Å². The first kappa shape index (κ1) is 34.9. The third kappa shape index (κ3) is 8.32. The van der Waals surface area contributed by atoms with Crippen molar-refractivity contribution in [2.75, 3.05) is 69.0 Å². The van der Waals surface area contributed by atoms with Gasteiger partial charge in [0, 0.05) is 127 Å². The maximum atomic E-state index is 7.18. The van der Waals surface area contributed by atoms with Crippen LogP contribution in [0.5, 0.6) is 0 Å². The first-order valence-corrected chi connectivity index (χ1v) is 24.0. The van der Waals surface area contributed by atoms with Crippen LogP contribution in [0, 0.1) is 0 Å². The summed E-state index contributed by atoms with van der Waals surface area (Å²) in [6.45, 7) is 0. The normalized spacial score (nSPS) is 16.8. The molecule has 1 aliphatic heterocycles. The fourth-order valence-electron chi connectivity index (χ4n) is 5.93. The van der Waals surface area contributed by atoms with Crippen LogP contribution >= 0.6 is 82.3 Å². The van der Waals surface area contributed by atoms with Gasteiger partial charge in [-0.05, 0) is 29.0 Å². The van der Waals surface area contributed by atoms with Crippen molar-refractivity contribution >= 4 is 115 Å². The lowest BCUT2D eigenvalue weighted by molar-refractivity contribution is 0.653. The van der Waals surface area contributed by atoms with Crippen LogP contribution in [0.1, 0.15) is 0 Å². The molecule has 10 heteroatoms. The Hall–Kier alpha value is -1.53. The van der Waals surface area contributed by atoms with E-state index in [1.165, 1.54) is 88.5 Å². The van der Waals surface area contributed by atoms with Crippen molar-refractivity contribution in [3.05, 3.63) is 85.5 Å². The van der Waals surface area contributed by atoms with Gasteiger partial charge in [-0.15, -0.1) is 23.5 Å². The van der Waals surface area contributed by atoms with Gasteiger partial charge in [0.1, 0.15) is 11.2 Å². The highest BCUT2D eigenvalue weighted by molar-refractivity contribution is 8.06. The van der Waals surface area contributed by atoms with E-state index >= 15 is 0 Å². The summed E-state index contributed by atoms with van der Waals surface area (Å²) in [6.07, 6.45) is 7.69. The lowest BCUT2D eigenvalue weighted by Crippen LogP contribution is -1.95. The van der Waals surface area contributed by atoms with Gasteiger partial charge >= 0.3 is 0 Å². The summed E-state index contributed by atoms with van der Waals surface area (Å²) in [5, 5.41) is 4.89. The highest BCUT2D eigenvalue weighted by Crippen LogP contribution is 2.50. The second kappa shape index (κ2) is 18.1. The van der Waals surface area contributed by atoms with E-state index in [4.69, 9.17) is 4.42 Å². The van der Waals surface area contributed by atoms with Crippen LogP contribution < -0.4 is 0 Å². The van der Waals surface area contributed by atoms with Gasteiger partial charge in [0.05, 0.1) is 9.79 Å². The van der Waals surface area contributed by atoms with E-state index in [1.54, 1.807) is 0 Å². The molecular weight excluding hydrogens is 725 g/mol. The Bertz CT molecular complexity index is 1930. The number of nitrogens with zero attached hydrogens (tertiary/aromatic N) is 2. The molecule has 0 radical (unpaired) electrons. The van der Waals surface area contributed by atoms with Gasteiger partial charge in [0.2, 0.25) is 0 Å². The van der Waals surface area contributed by atoms with Crippen molar-refractivity contribution in [3.8, 4) is 22.3 Å². The number of hydrogen-bond donors (Lipinski definition) is 0. The molecule has 7 rings (SSSR count). The molecule has 0 atom stereocenters. The van der Waals surface area contributed by atoms with Gasteiger partial charge in [0.25, 0.3) is 0 Å². The Morgan fingerprint density at radius 2 is 1.00 bits per heavy atom. The number of thioether (sulfide) groups is 7. The van der Waals surface area contributed by atoms with E-state index in [9.17, 15) is 0 Å². The Kier molecular flexibility index (Phi) is 13.2. The average Bonchev–Trinajstić information content (AvgIpc) is 3.53. The molecule has 3 aromatic heterocycles. The average molecular weight is 763 g/mol. The van der Waals surface area contributed by atoms with Crippen LogP contribution in [0.15, 0.2) is 99.7 Å². The van der Waals surface area contributed by atoms with E-state index in [0.717, 1.165) is 45.3 Å². The standard InChI is InChI=1S/C38H38N2OS7/c1-2-8-31-30(7-1)33(28-6-4-12-40-26-28)38-36-34(31)32-10-9-29(27-5-3-11-39-25-27)37(35(32)41-36)47-23-21-45-19-17-43-15-13-42-14-16-44-18-20-46-22-24-48-38/h1-12,25-26H,13-24H2. The molecule has 0 fully saturated rings. The highest BCUT2D eigenvalue weighted by atomic mass is 32.2. The molecule has 0 N–H and O–H groups in total. The lowest BCUT2D eigenvalue weighted by Gasteiger charge is -2.14. The topological polar surface area (TPSA) is 38.9 Å². The van der Waals surface area contributed by atoms with Crippen LogP contribution in [0.4, 0.5) is 0 Å². The summed E-state index contributed by atoms with van der Waals surface area (Å²) in [6, 6.07) is 21.9. The molecule has 0 saturated carbocycles. The van der Waals surface area contributed by atoms with Crippen LogP contribution in [0.3, 0.4) is 0 Å². The molecule has 1 aliphatic rings. The summed E-state index contributed by atoms with van der Waals surface area (Å²) in [7, 11) is 0. The third-order valence-corrected chi connectivity index (χ3v) is 16.7. The minimum absolute atomic E-state index is 0.991. The number of fused-ring (bicyclic) bond motifs is 3. The predicted molar refractivity (Wildman–Crippen MR) is 226 cm³/mol. The molecule has 248 valence electrons. The summed E-state index contributed by atoms with van der Waals surface area (Å²) < 4.78 is 7.18. The van der Waals surface area contributed by atoms with Crippen molar-refractivity contribution in [2.24, 2.45) is 0 Å². The first-order chi connectivity index (χ1) is 23.9. The smallest absolute Gasteiger partial charge is 0.150 e. The molecule has 0 unspecified atom stereocenters. The number of aromatic nitrogens is 2. The molecule has 3 nitrogen and oxygen atoms in total. The fraction of sp³-hybridized carbons (Fsp3) is 0.316. The monoisotopic (exact) mass is 762 g/mol.